The third kappa shape index (κ3) is 2.53. The Morgan fingerprint density at radius 2 is 2.00 bits per heavy atom. The van der Waals surface area contributed by atoms with E-state index >= 15 is 0 Å². The highest BCUT2D eigenvalue weighted by atomic mass is 35.5. The molecule has 2 aromatic heterocycles. The predicted molar refractivity (Wildman–Crippen MR) is 73.0 cm³/mol. The number of carbonyl (C=O) groups is 1. The van der Waals surface area contributed by atoms with Gasteiger partial charge < -0.3 is 0 Å². The van der Waals surface area contributed by atoms with Crippen LogP contribution in [-0.2, 0) is 13.1 Å². The first kappa shape index (κ1) is 13.4. The summed E-state index contributed by atoms with van der Waals surface area (Å²) in [6, 6.07) is 1.53. The summed E-state index contributed by atoms with van der Waals surface area (Å²) in [5, 5.41) is 0. The number of nitrogens with zero attached hydrogens (tertiary/aromatic N) is 2. The maximum Gasteiger partial charge on any atom is 0.328 e. The lowest BCUT2D eigenvalue weighted by Gasteiger charge is -2.00. The van der Waals surface area contributed by atoms with Crippen LogP contribution in [-0.4, -0.2) is 14.9 Å². The second-order valence-corrected chi connectivity index (χ2v) is 5.94. The molecule has 4 nitrogen and oxygen atoms in total. The number of ketones is 1. The van der Waals surface area contributed by atoms with Gasteiger partial charge in [0.1, 0.15) is 4.34 Å². The Hall–Kier alpha value is -1.04. The predicted octanol–water partition coefficient (Wildman–Crippen LogP) is 2.92. The van der Waals surface area contributed by atoms with E-state index < -0.39 is 0 Å². The monoisotopic (exact) mass is 304 g/mol. The summed E-state index contributed by atoms with van der Waals surface area (Å²) < 4.78 is 3.69. The lowest BCUT2D eigenvalue weighted by atomic mass is 10.2. The standard InChI is InChI=1S/C11H10Cl2N2O2S/c1-2-14-3-4-15(11(14)17)6-8(16)7-5-9(12)18-10(7)13/h3-5H,2,6H2,1H3. The van der Waals surface area contributed by atoms with Gasteiger partial charge in [0.2, 0.25) is 0 Å². The van der Waals surface area contributed by atoms with Crippen LogP contribution in [0.25, 0.3) is 0 Å². The van der Waals surface area contributed by atoms with Crippen LogP contribution in [0.5, 0.6) is 0 Å². The van der Waals surface area contributed by atoms with E-state index in [1.165, 1.54) is 15.2 Å². The van der Waals surface area contributed by atoms with Crippen molar-refractivity contribution in [1.29, 1.82) is 0 Å². The Bertz CT molecular complexity index is 642. The molecule has 0 unspecified atom stereocenters. The molecule has 0 amide bonds. The summed E-state index contributed by atoms with van der Waals surface area (Å²) in [4.78, 5) is 23.8. The maximum atomic E-state index is 12.0. The van der Waals surface area contributed by atoms with Crippen molar-refractivity contribution in [2.75, 3.05) is 0 Å². The Labute approximate surface area is 117 Å². The largest absolute Gasteiger partial charge is 0.328 e. The number of Topliss-reactive ketones (excluding diaryl/α,β-unsaturated/α-hetero) is 1. The van der Waals surface area contributed by atoms with Crippen LogP contribution in [0, 0.1) is 0 Å². The Balaban J connectivity index is 2.24. The Morgan fingerprint density at radius 3 is 2.50 bits per heavy atom. The quantitative estimate of drug-likeness (QED) is 0.815. The van der Waals surface area contributed by atoms with E-state index in [0.717, 1.165) is 11.3 Å². The fourth-order valence-corrected chi connectivity index (χ4v) is 3.08. The van der Waals surface area contributed by atoms with Gasteiger partial charge in [-0.25, -0.2) is 4.79 Å². The summed E-state index contributed by atoms with van der Waals surface area (Å²) in [6.07, 6.45) is 3.24. The molecule has 0 aliphatic rings. The first-order valence-electron chi connectivity index (χ1n) is 5.26. The molecule has 2 aromatic rings. The number of halogens is 2. The number of thiophene rings is 1. The molecule has 0 spiro atoms. The zero-order chi connectivity index (χ0) is 13.3. The molecule has 0 aliphatic heterocycles. The SMILES string of the molecule is CCn1ccn(CC(=O)c2cc(Cl)sc2Cl)c1=O. The fraction of sp³-hybridized carbons (Fsp3) is 0.273. The summed E-state index contributed by atoms with van der Waals surface area (Å²) in [6.45, 7) is 2.41. The summed E-state index contributed by atoms with van der Waals surface area (Å²) in [5.74, 6) is -0.223. The van der Waals surface area contributed by atoms with Crippen LogP contribution >= 0.6 is 34.5 Å². The summed E-state index contributed by atoms with van der Waals surface area (Å²) >= 11 is 12.8. The molecule has 18 heavy (non-hydrogen) atoms. The minimum atomic E-state index is -0.223. The minimum Gasteiger partial charge on any atom is -0.300 e. The lowest BCUT2D eigenvalue weighted by Crippen LogP contribution is -2.26. The molecule has 0 radical (unpaired) electrons. The van der Waals surface area contributed by atoms with Crippen molar-refractivity contribution in [2.45, 2.75) is 20.0 Å². The second kappa shape index (κ2) is 5.30. The summed E-state index contributed by atoms with van der Waals surface area (Å²) in [5.41, 5.74) is 0.158. The number of hydrogen-bond donors (Lipinski definition) is 0. The number of carbonyl (C=O) groups excluding carboxylic acids is 1. The topological polar surface area (TPSA) is 44.0 Å². The van der Waals surface area contributed by atoms with E-state index in [0.29, 0.717) is 20.8 Å². The van der Waals surface area contributed by atoms with E-state index in [-0.39, 0.29) is 18.0 Å². The van der Waals surface area contributed by atoms with Crippen molar-refractivity contribution in [1.82, 2.24) is 9.13 Å². The normalized spacial score (nSPS) is 10.8. The second-order valence-electron chi connectivity index (χ2n) is 3.66. The van der Waals surface area contributed by atoms with Crippen molar-refractivity contribution in [3.8, 4) is 0 Å². The molecule has 2 rings (SSSR count). The summed E-state index contributed by atoms with van der Waals surface area (Å²) in [7, 11) is 0. The third-order valence-electron chi connectivity index (χ3n) is 2.53. The maximum absolute atomic E-state index is 12.0. The highest BCUT2D eigenvalue weighted by Gasteiger charge is 2.15. The van der Waals surface area contributed by atoms with Gasteiger partial charge in [-0.15, -0.1) is 11.3 Å². The van der Waals surface area contributed by atoms with Crippen LogP contribution in [0.4, 0.5) is 0 Å². The molecule has 96 valence electrons. The van der Waals surface area contributed by atoms with E-state index in [9.17, 15) is 9.59 Å². The number of imidazole rings is 1. The fourth-order valence-electron chi connectivity index (χ4n) is 1.58. The molecule has 0 saturated heterocycles. The average molecular weight is 305 g/mol. The molecule has 0 atom stereocenters. The number of aryl methyl sites for hydroxylation is 1. The van der Waals surface area contributed by atoms with Crippen molar-refractivity contribution >= 4 is 40.3 Å². The zero-order valence-corrected chi connectivity index (χ0v) is 11.8. The smallest absolute Gasteiger partial charge is 0.300 e. The molecular formula is C11H10Cl2N2O2S. The molecule has 2 heterocycles. The van der Waals surface area contributed by atoms with Crippen molar-refractivity contribution in [3.63, 3.8) is 0 Å². The zero-order valence-electron chi connectivity index (χ0n) is 9.52. The van der Waals surface area contributed by atoms with Crippen LogP contribution in [0.15, 0.2) is 23.3 Å². The van der Waals surface area contributed by atoms with Gasteiger partial charge in [0.15, 0.2) is 5.78 Å². The Kier molecular flexibility index (Phi) is 3.94. The molecule has 0 aliphatic carbocycles. The number of hydrogen-bond acceptors (Lipinski definition) is 3. The first-order valence-corrected chi connectivity index (χ1v) is 6.83. The Morgan fingerprint density at radius 1 is 1.33 bits per heavy atom. The van der Waals surface area contributed by atoms with Crippen molar-refractivity contribution in [2.24, 2.45) is 0 Å². The van der Waals surface area contributed by atoms with E-state index in [1.807, 2.05) is 6.92 Å². The van der Waals surface area contributed by atoms with Gasteiger partial charge in [-0.1, -0.05) is 23.2 Å². The number of rotatable bonds is 4. The van der Waals surface area contributed by atoms with Gasteiger partial charge >= 0.3 is 5.69 Å². The van der Waals surface area contributed by atoms with E-state index in [1.54, 1.807) is 12.4 Å². The van der Waals surface area contributed by atoms with Gasteiger partial charge in [-0.05, 0) is 13.0 Å². The highest BCUT2D eigenvalue weighted by molar-refractivity contribution is 7.20. The van der Waals surface area contributed by atoms with E-state index in [4.69, 9.17) is 23.2 Å². The van der Waals surface area contributed by atoms with Gasteiger partial charge in [0.05, 0.1) is 16.4 Å². The highest BCUT2D eigenvalue weighted by Crippen LogP contribution is 2.31. The molecule has 0 aromatic carbocycles. The van der Waals surface area contributed by atoms with Crippen LogP contribution in [0.2, 0.25) is 8.67 Å². The molecule has 7 heteroatoms. The number of aromatic nitrogens is 2. The van der Waals surface area contributed by atoms with E-state index in [2.05, 4.69) is 0 Å². The molecule has 0 bridgehead atoms. The van der Waals surface area contributed by atoms with Gasteiger partial charge in [0.25, 0.3) is 0 Å². The molecule has 0 saturated carbocycles. The molecule has 0 N–H and O–H groups in total. The molecule has 0 fully saturated rings. The lowest BCUT2D eigenvalue weighted by molar-refractivity contribution is 0.0971. The van der Waals surface area contributed by atoms with Crippen LogP contribution in [0.3, 0.4) is 0 Å². The minimum absolute atomic E-state index is 0.0292. The van der Waals surface area contributed by atoms with Gasteiger partial charge in [0, 0.05) is 18.9 Å². The van der Waals surface area contributed by atoms with Gasteiger partial charge in [-0.3, -0.25) is 13.9 Å². The average Bonchev–Trinajstić information content (AvgIpc) is 2.83. The van der Waals surface area contributed by atoms with Crippen molar-refractivity contribution < 1.29 is 4.79 Å². The molecular weight excluding hydrogens is 295 g/mol. The van der Waals surface area contributed by atoms with Crippen LogP contribution in [0.1, 0.15) is 17.3 Å². The van der Waals surface area contributed by atoms with Crippen LogP contribution < -0.4 is 5.69 Å². The van der Waals surface area contributed by atoms with Gasteiger partial charge in [-0.2, -0.15) is 0 Å². The van der Waals surface area contributed by atoms with Crippen molar-refractivity contribution in [3.05, 3.63) is 43.2 Å². The third-order valence-corrected chi connectivity index (χ3v) is 4.02. The first-order chi connectivity index (χ1) is 8.52.